The number of unbranched alkanes of at least 4 members (excludes halogenated alkanes) is 1. The number of fused-ring (bicyclic) bond motifs is 1. The molecule has 3 aromatic rings. The molecule has 0 saturated heterocycles. The van der Waals surface area contributed by atoms with E-state index in [-0.39, 0.29) is 36.3 Å². The van der Waals surface area contributed by atoms with E-state index in [1.54, 1.807) is 0 Å². The summed E-state index contributed by atoms with van der Waals surface area (Å²) in [5.41, 5.74) is 5.63. The largest absolute Gasteiger partial charge is 0.383 e. The molecule has 2 aromatic heterocycles. The first-order valence-corrected chi connectivity index (χ1v) is 11.2. The Morgan fingerprint density at radius 2 is 2.06 bits per heavy atom. The summed E-state index contributed by atoms with van der Waals surface area (Å²) < 4.78 is 6.41. The van der Waals surface area contributed by atoms with Crippen LogP contribution in [0.2, 0.25) is 0 Å². The summed E-state index contributed by atoms with van der Waals surface area (Å²) in [5.74, 6) is -0.376. The van der Waals surface area contributed by atoms with Crippen LogP contribution in [0.1, 0.15) is 19.8 Å². The number of H-pyrrole nitrogens is 1. The summed E-state index contributed by atoms with van der Waals surface area (Å²) in [6, 6.07) is 7.51. The third-order valence-corrected chi connectivity index (χ3v) is 5.87. The van der Waals surface area contributed by atoms with E-state index in [0.29, 0.717) is 18.0 Å². The topological polar surface area (TPSA) is 136 Å². The number of aromatic nitrogens is 4. The minimum Gasteiger partial charge on any atom is -0.383 e. The van der Waals surface area contributed by atoms with Crippen LogP contribution in [0.25, 0.3) is 10.9 Å². The number of amides is 1. The van der Waals surface area contributed by atoms with Crippen LogP contribution in [0.5, 0.6) is 0 Å². The number of para-hydroxylation sites is 1. The quantitative estimate of drug-likeness (QED) is 0.346. The van der Waals surface area contributed by atoms with E-state index in [1.165, 1.54) is 34.7 Å². The number of carbonyl (C=O) groups excluding carboxylic acids is 1. The average Bonchev–Trinajstić information content (AvgIpc) is 2.79. The van der Waals surface area contributed by atoms with E-state index >= 15 is 0 Å². The van der Waals surface area contributed by atoms with Gasteiger partial charge in [0.1, 0.15) is 17.2 Å². The monoisotopic (exact) mass is 458 g/mol. The number of nitrogens with one attached hydrogen (secondary N) is 1. The molecule has 0 spiro atoms. The second kappa shape index (κ2) is 10.9. The summed E-state index contributed by atoms with van der Waals surface area (Å²) >= 11 is 1.24. The van der Waals surface area contributed by atoms with Crippen molar-refractivity contribution in [1.82, 2.24) is 19.5 Å². The number of nitrogens with zero attached hydrogens (tertiary/aromatic N) is 4. The number of aromatic amines is 1. The highest BCUT2D eigenvalue weighted by atomic mass is 32.2. The van der Waals surface area contributed by atoms with E-state index in [1.807, 2.05) is 31.2 Å². The van der Waals surface area contributed by atoms with Crippen LogP contribution in [0, 0.1) is 0 Å². The van der Waals surface area contributed by atoms with Gasteiger partial charge in [0.05, 0.1) is 17.9 Å². The van der Waals surface area contributed by atoms with Crippen LogP contribution in [-0.2, 0) is 16.1 Å². The number of hydrogen-bond acceptors (Lipinski definition) is 8. The number of anilines is 2. The first kappa shape index (κ1) is 23.5. The SMILES string of the molecule is CCCCn1c(N)c(N(CCOC)C(=O)CSc2ncnc3ccccc23)c(=O)[nH]c1=O. The van der Waals surface area contributed by atoms with Gasteiger partial charge in [0, 0.05) is 25.6 Å². The first-order valence-electron chi connectivity index (χ1n) is 10.2. The first-order chi connectivity index (χ1) is 15.5. The van der Waals surface area contributed by atoms with Crippen LogP contribution in [-0.4, -0.2) is 51.4 Å². The Hall–Kier alpha value is -3.18. The Morgan fingerprint density at radius 1 is 1.28 bits per heavy atom. The van der Waals surface area contributed by atoms with Crippen LogP contribution in [0.3, 0.4) is 0 Å². The predicted octanol–water partition coefficient (Wildman–Crippen LogP) is 1.63. The number of carbonyl (C=O) groups is 1. The smallest absolute Gasteiger partial charge is 0.330 e. The van der Waals surface area contributed by atoms with Gasteiger partial charge < -0.3 is 15.4 Å². The normalized spacial score (nSPS) is 11.1. The van der Waals surface area contributed by atoms with Gasteiger partial charge in [-0.15, -0.1) is 0 Å². The van der Waals surface area contributed by atoms with Crippen molar-refractivity contribution in [3.8, 4) is 0 Å². The standard InChI is InChI=1S/C21H26N6O4S/c1-3-4-9-27-18(22)17(19(29)25-21(27)30)26(10-11-31-2)16(28)12-32-20-14-7-5-6-8-15(14)23-13-24-20/h5-8,13H,3-4,9-12,22H2,1-2H3,(H,25,29,30). The summed E-state index contributed by atoms with van der Waals surface area (Å²) in [6.07, 6.45) is 3.00. The highest BCUT2D eigenvalue weighted by Crippen LogP contribution is 2.25. The number of rotatable bonds is 10. The molecular weight excluding hydrogens is 432 g/mol. The number of hydrogen-bond donors (Lipinski definition) is 2. The number of thioether (sulfide) groups is 1. The Balaban J connectivity index is 1.91. The minimum atomic E-state index is -0.706. The second-order valence-corrected chi connectivity index (χ2v) is 7.99. The van der Waals surface area contributed by atoms with Gasteiger partial charge in [-0.2, -0.15) is 0 Å². The van der Waals surface area contributed by atoms with Gasteiger partial charge in [-0.3, -0.25) is 19.1 Å². The van der Waals surface area contributed by atoms with Gasteiger partial charge in [-0.25, -0.2) is 14.8 Å². The molecule has 170 valence electrons. The molecule has 0 aliphatic rings. The third kappa shape index (κ3) is 5.17. The Bertz CT molecular complexity index is 1200. The predicted molar refractivity (Wildman–Crippen MR) is 125 cm³/mol. The highest BCUT2D eigenvalue weighted by molar-refractivity contribution is 8.00. The van der Waals surface area contributed by atoms with Gasteiger partial charge in [-0.1, -0.05) is 43.3 Å². The van der Waals surface area contributed by atoms with Gasteiger partial charge in [-0.05, 0) is 12.5 Å². The Kier molecular flexibility index (Phi) is 8.01. The van der Waals surface area contributed by atoms with Crippen LogP contribution in [0.15, 0.2) is 45.2 Å². The van der Waals surface area contributed by atoms with Crippen LogP contribution in [0.4, 0.5) is 11.5 Å². The van der Waals surface area contributed by atoms with Crippen molar-refractivity contribution < 1.29 is 9.53 Å². The lowest BCUT2D eigenvalue weighted by Gasteiger charge is -2.24. The average molecular weight is 459 g/mol. The van der Waals surface area contributed by atoms with Gasteiger partial charge in [0.2, 0.25) is 5.91 Å². The number of nitrogen functional groups attached to an aromatic ring is 1. The van der Waals surface area contributed by atoms with E-state index < -0.39 is 11.2 Å². The van der Waals surface area contributed by atoms with Crippen molar-refractivity contribution in [2.45, 2.75) is 31.3 Å². The fourth-order valence-electron chi connectivity index (χ4n) is 3.22. The van der Waals surface area contributed by atoms with Crippen LogP contribution < -0.4 is 21.9 Å². The third-order valence-electron chi connectivity index (χ3n) is 4.88. The molecule has 0 aliphatic heterocycles. The highest BCUT2D eigenvalue weighted by Gasteiger charge is 2.24. The zero-order valence-corrected chi connectivity index (χ0v) is 18.9. The molecule has 0 bridgehead atoms. The van der Waals surface area contributed by atoms with E-state index in [4.69, 9.17) is 10.5 Å². The zero-order chi connectivity index (χ0) is 23.1. The lowest BCUT2D eigenvalue weighted by molar-refractivity contribution is -0.116. The van der Waals surface area contributed by atoms with E-state index in [0.717, 1.165) is 17.3 Å². The minimum absolute atomic E-state index is 0.0116. The molecule has 0 unspecified atom stereocenters. The number of methoxy groups -OCH3 is 1. The van der Waals surface area contributed by atoms with Gasteiger partial charge in [0.25, 0.3) is 5.56 Å². The molecule has 3 N–H and O–H groups in total. The lowest BCUT2D eigenvalue weighted by Crippen LogP contribution is -2.43. The van der Waals surface area contributed by atoms with Crippen molar-refractivity contribution in [2.24, 2.45) is 0 Å². The molecule has 0 saturated carbocycles. The summed E-state index contributed by atoms with van der Waals surface area (Å²) in [4.78, 5) is 50.1. The zero-order valence-electron chi connectivity index (χ0n) is 18.0. The summed E-state index contributed by atoms with van der Waals surface area (Å²) in [5, 5.41) is 1.49. The van der Waals surface area contributed by atoms with E-state index in [2.05, 4.69) is 15.0 Å². The number of ether oxygens (including phenoxy) is 1. The van der Waals surface area contributed by atoms with Gasteiger partial charge >= 0.3 is 5.69 Å². The summed E-state index contributed by atoms with van der Waals surface area (Å²) in [6.45, 7) is 2.63. The maximum Gasteiger partial charge on any atom is 0.330 e. The maximum absolute atomic E-state index is 13.2. The van der Waals surface area contributed by atoms with Crippen molar-refractivity contribution >= 4 is 40.1 Å². The molecule has 0 atom stereocenters. The molecule has 2 heterocycles. The number of nitrogens with two attached hydrogens (primary N) is 1. The fraction of sp³-hybridized carbons (Fsp3) is 0.381. The lowest BCUT2D eigenvalue weighted by atomic mass is 10.2. The molecule has 3 rings (SSSR count). The van der Waals surface area contributed by atoms with Gasteiger partial charge in [0.15, 0.2) is 5.69 Å². The molecule has 1 aromatic carbocycles. The molecule has 32 heavy (non-hydrogen) atoms. The van der Waals surface area contributed by atoms with E-state index in [9.17, 15) is 14.4 Å². The van der Waals surface area contributed by atoms with Crippen molar-refractivity contribution in [3.05, 3.63) is 51.4 Å². The molecule has 1 amide bonds. The molecular formula is C21H26N6O4S. The summed E-state index contributed by atoms with van der Waals surface area (Å²) in [7, 11) is 1.50. The fourth-order valence-corrected chi connectivity index (χ4v) is 4.09. The second-order valence-electron chi connectivity index (χ2n) is 7.02. The van der Waals surface area contributed by atoms with Crippen molar-refractivity contribution in [3.63, 3.8) is 0 Å². The molecule has 11 heteroatoms. The van der Waals surface area contributed by atoms with Crippen molar-refractivity contribution in [2.75, 3.05) is 36.6 Å². The molecule has 0 radical (unpaired) electrons. The molecule has 10 nitrogen and oxygen atoms in total. The molecule has 0 aliphatic carbocycles. The maximum atomic E-state index is 13.2. The molecule has 0 fully saturated rings. The Morgan fingerprint density at radius 3 is 2.81 bits per heavy atom. The van der Waals surface area contributed by atoms with Crippen molar-refractivity contribution in [1.29, 1.82) is 0 Å². The number of benzene rings is 1. The van der Waals surface area contributed by atoms with Crippen LogP contribution >= 0.6 is 11.8 Å². The Labute approximate surface area is 188 Å².